The van der Waals surface area contributed by atoms with E-state index in [4.69, 9.17) is 28.4 Å². The summed E-state index contributed by atoms with van der Waals surface area (Å²) >= 11 is 0. The van der Waals surface area contributed by atoms with Gasteiger partial charge in [0.25, 0.3) is 0 Å². The van der Waals surface area contributed by atoms with Crippen LogP contribution in [0.15, 0.2) is 0 Å². The maximum absolute atomic E-state index is 14.2. The second-order valence-electron chi connectivity index (χ2n) is 16.9. The lowest BCUT2D eigenvalue weighted by Crippen LogP contribution is -2.60. The average Bonchev–Trinajstić information content (AvgIpc) is 3.67. The maximum Gasteiger partial charge on any atom is 0.311 e. The molecule has 0 aromatic heterocycles. The summed E-state index contributed by atoms with van der Waals surface area (Å²) in [6.45, 7) is 19.1. The minimum Gasteiger partial charge on any atom is -0.459 e. The molecular formula is C37H68N2O11. The predicted molar refractivity (Wildman–Crippen MR) is 186 cm³/mol. The minimum absolute atomic E-state index is 0.0222. The van der Waals surface area contributed by atoms with Crippen molar-refractivity contribution in [1.82, 2.24) is 9.80 Å². The maximum atomic E-state index is 14.2. The van der Waals surface area contributed by atoms with Crippen molar-refractivity contribution in [2.24, 2.45) is 17.8 Å². The van der Waals surface area contributed by atoms with Gasteiger partial charge in [-0.2, -0.15) is 0 Å². The van der Waals surface area contributed by atoms with Gasteiger partial charge in [0.05, 0.1) is 47.6 Å². The molecule has 4 fully saturated rings. The molecule has 0 aromatic rings. The first kappa shape index (κ1) is 41.8. The fourth-order valence-corrected chi connectivity index (χ4v) is 9.22. The van der Waals surface area contributed by atoms with Crippen LogP contribution in [0.2, 0.25) is 0 Å². The molecule has 4 rings (SSSR count). The predicted octanol–water partition coefficient (Wildman–Crippen LogP) is 2.29. The zero-order valence-corrected chi connectivity index (χ0v) is 32.7. The van der Waals surface area contributed by atoms with E-state index in [0.29, 0.717) is 25.8 Å². The van der Waals surface area contributed by atoms with Crippen molar-refractivity contribution in [2.45, 2.75) is 185 Å². The number of aliphatic hydroxyl groups excluding tert-OH is 2. The summed E-state index contributed by atoms with van der Waals surface area (Å²) in [7, 11) is 5.33. The van der Waals surface area contributed by atoms with E-state index in [1.54, 1.807) is 34.6 Å². The number of likely N-dealkylation sites (N-methyl/N-ethyl adjacent to an activating group) is 1. The number of hydrogen-bond acceptors (Lipinski definition) is 13. The Morgan fingerprint density at radius 1 is 0.980 bits per heavy atom. The molecular weight excluding hydrogens is 648 g/mol. The minimum atomic E-state index is -1.48. The molecule has 3 unspecified atom stereocenters. The van der Waals surface area contributed by atoms with Crippen LogP contribution in [0.5, 0.6) is 0 Å². The Labute approximate surface area is 299 Å². The molecule has 4 heterocycles. The van der Waals surface area contributed by atoms with Gasteiger partial charge in [-0.1, -0.05) is 20.8 Å². The quantitative estimate of drug-likeness (QED) is 0.225. The molecule has 0 aliphatic carbocycles. The Hall–Kier alpha value is -0.970. The van der Waals surface area contributed by atoms with Crippen LogP contribution < -0.4 is 0 Å². The lowest BCUT2D eigenvalue weighted by molar-refractivity contribution is -0.318. The van der Waals surface area contributed by atoms with Crippen LogP contribution in [0.4, 0.5) is 0 Å². The first-order valence-corrected chi connectivity index (χ1v) is 18.7. The molecule has 292 valence electrons. The number of carbonyl (C=O) groups excluding carboxylic acids is 1. The van der Waals surface area contributed by atoms with E-state index in [-0.39, 0.29) is 36.6 Å². The highest BCUT2D eigenvalue weighted by atomic mass is 16.7. The third kappa shape index (κ3) is 8.54. The highest BCUT2D eigenvalue weighted by Gasteiger charge is 2.59. The molecule has 4 aliphatic rings. The fourth-order valence-electron chi connectivity index (χ4n) is 9.22. The number of esters is 1. The van der Waals surface area contributed by atoms with E-state index in [1.807, 2.05) is 39.8 Å². The summed E-state index contributed by atoms with van der Waals surface area (Å²) in [4.78, 5) is 18.3. The van der Waals surface area contributed by atoms with Crippen LogP contribution in [-0.4, -0.2) is 154 Å². The summed E-state index contributed by atoms with van der Waals surface area (Å²) < 4.78 is 37.7. The molecule has 4 N–H and O–H groups in total. The first-order chi connectivity index (χ1) is 23.1. The zero-order valence-electron chi connectivity index (χ0n) is 32.7. The van der Waals surface area contributed by atoms with Gasteiger partial charge in [-0.3, -0.25) is 9.69 Å². The summed E-state index contributed by atoms with van der Waals surface area (Å²) in [5.74, 6) is -2.17. The van der Waals surface area contributed by atoms with Crippen LogP contribution in [0.1, 0.15) is 94.9 Å². The molecule has 0 aromatic carbocycles. The smallest absolute Gasteiger partial charge is 0.311 e. The normalized spacial score (nSPS) is 52.6. The lowest BCUT2D eigenvalue weighted by atomic mass is 9.77. The second kappa shape index (κ2) is 15.8. The van der Waals surface area contributed by atoms with E-state index in [9.17, 15) is 25.2 Å². The summed E-state index contributed by atoms with van der Waals surface area (Å²) in [6, 6.07) is -0.409. The highest BCUT2D eigenvalue weighted by Crippen LogP contribution is 2.44. The molecule has 0 spiro atoms. The van der Waals surface area contributed by atoms with Crippen LogP contribution >= 0.6 is 0 Å². The first-order valence-electron chi connectivity index (χ1n) is 18.7. The number of aliphatic hydroxyl groups is 4. The number of cyclic esters (lactones) is 1. The number of rotatable bonds is 7. The number of nitrogens with zero attached hydrogens (tertiary/aromatic N) is 2. The molecule has 0 radical (unpaired) electrons. The Balaban J connectivity index is 1.78. The van der Waals surface area contributed by atoms with Crippen molar-refractivity contribution in [1.29, 1.82) is 0 Å². The molecule has 13 heteroatoms. The molecule has 19 atom stereocenters. The van der Waals surface area contributed by atoms with Gasteiger partial charge in [-0.25, -0.2) is 0 Å². The molecule has 4 aliphatic heterocycles. The van der Waals surface area contributed by atoms with Crippen molar-refractivity contribution in [3.8, 4) is 0 Å². The summed E-state index contributed by atoms with van der Waals surface area (Å²) in [5.41, 5.74) is -3.77. The molecule has 4 saturated heterocycles. The summed E-state index contributed by atoms with van der Waals surface area (Å²) in [6.07, 6.45) is -5.89. The van der Waals surface area contributed by atoms with E-state index < -0.39 is 83.8 Å². The van der Waals surface area contributed by atoms with Gasteiger partial charge < -0.3 is 53.7 Å². The van der Waals surface area contributed by atoms with Crippen LogP contribution in [0, 0.1) is 17.8 Å². The third-order valence-electron chi connectivity index (χ3n) is 12.2. The third-order valence-corrected chi connectivity index (χ3v) is 12.2. The lowest BCUT2D eigenvalue weighted by Gasteiger charge is -2.49. The number of carbonyl (C=O) groups is 1. The van der Waals surface area contributed by atoms with E-state index in [0.717, 1.165) is 0 Å². The number of fused-ring (bicyclic) bond motifs is 1. The van der Waals surface area contributed by atoms with Gasteiger partial charge in [0.15, 0.2) is 12.6 Å². The Morgan fingerprint density at radius 2 is 1.62 bits per heavy atom. The standard InChI is InChI=1S/C37H68N2O11/c1-14-26-37(10,44)30-23(6)39(30)18-19(2)16-35(8,43)32(50-34-28(40)25(38(11)12)15-20(3)46-34)21(4)29(22(5)33(42)48-26)49-27-17-36(9,45-13)31(41)24(7)47-27/h19-32,34,40-41,43-44H,14-18H2,1-13H3/t19-,20-,21+,22-,23?,24+,25+,26+,27+,28-,29+,30?,31+,32-,34+,35+,36-,37-,39?/m1/s1. The molecule has 0 bridgehead atoms. The van der Waals surface area contributed by atoms with Crippen LogP contribution in [-0.2, 0) is 33.2 Å². The number of methoxy groups -OCH3 is 1. The highest BCUT2D eigenvalue weighted by molar-refractivity contribution is 5.73. The number of ether oxygens (including phenoxy) is 6. The van der Waals surface area contributed by atoms with Gasteiger partial charge in [0.1, 0.15) is 23.9 Å². The Bertz CT molecular complexity index is 1140. The molecule has 50 heavy (non-hydrogen) atoms. The van der Waals surface area contributed by atoms with Crippen LogP contribution in [0.3, 0.4) is 0 Å². The summed E-state index contributed by atoms with van der Waals surface area (Å²) in [5, 5.41) is 46.7. The SMILES string of the molecule is CC[C@@H]1OC(=O)[C@H](C)[C@@H](O[C@H]2C[C@@](C)(OC)[C@@H](O)[C@H](C)O2)[C@H](C)[C@@H](O[C@@H]2O[C@H](C)C[C@H](N(C)C)[C@H]2O)[C@@](C)(O)C[C@@H](C)CN2C(C)C2[C@]1(C)O. The van der Waals surface area contributed by atoms with Crippen molar-refractivity contribution < 1.29 is 53.6 Å². The van der Waals surface area contributed by atoms with Crippen molar-refractivity contribution in [3.05, 3.63) is 0 Å². The Kier molecular flexibility index (Phi) is 13.2. The van der Waals surface area contributed by atoms with Gasteiger partial charge >= 0.3 is 5.97 Å². The van der Waals surface area contributed by atoms with Crippen LogP contribution in [0.25, 0.3) is 0 Å². The zero-order chi connectivity index (χ0) is 37.7. The van der Waals surface area contributed by atoms with E-state index >= 15 is 0 Å². The monoisotopic (exact) mass is 716 g/mol. The van der Waals surface area contributed by atoms with Crippen molar-refractivity contribution in [3.63, 3.8) is 0 Å². The van der Waals surface area contributed by atoms with E-state index in [1.165, 1.54) is 7.11 Å². The van der Waals surface area contributed by atoms with Gasteiger partial charge in [0.2, 0.25) is 0 Å². The number of hydrogen-bond donors (Lipinski definition) is 4. The average molecular weight is 717 g/mol. The van der Waals surface area contributed by atoms with E-state index in [2.05, 4.69) is 18.7 Å². The topological polar surface area (TPSA) is 160 Å². The molecule has 0 amide bonds. The van der Waals surface area contributed by atoms with Crippen molar-refractivity contribution >= 4 is 5.97 Å². The second-order valence-corrected chi connectivity index (χ2v) is 16.9. The van der Waals surface area contributed by atoms with Gasteiger partial charge in [0, 0.05) is 38.1 Å². The molecule has 0 saturated carbocycles. The molecule has 13 nitrogen and oxygen atoms in total. The fraction of sp³-hybridized carbons (Fsp3) is 0.973. The van der Waals surface area contributed by atoms with Crippen molar-refractivity contribution in [2.75, 3.05) is 27.7 Å². The van der Waals surface area contributed by atoms with Gasteiger partial charge in [-0.15, -0.1) is 0 Å². The Morgan fingerprint density at radius 3 is 2.20 bits per heavy atom. The van der Waals surface area contributed by atoms with Gasteiger partial charge in [-0.05, 0) is 87.7 Å². The largest absolute Gasteiger partial charge is 0.459 e.